The summed E-state index contributed by atoms with van der Waals surface area (Å²) in [6, 6.07) is 1.79. The van der Waals surface area contributed by atoms with Crippen LogP contribution < -0.4 is 4.90 Å². The first kappa shape index (κ1) is 18.8. The van der Waals surface area contributed by atoms with Crippen LogP contribution in [-0.4, -0.2) is 39.5 Å². The molecule has 0 radical (unpaired) electrons. The lowest BCUT2D eigenvalue weighted by Crippen LogP contribution is -2.39. The minimum absolute atomic E-state index is 0.0474. The van der Waals surface area contributed by atoms with E-state index in [-0.39, 0.29) is 24.6 Å². The summed E-state index contributed by atoms with van der Waals surface area (Å²) in [7, 11) is 2.48. The monoisotopic (exact) mass is 417 g/mol. The normalized spacial score (nSPS) is 14.7. The Morgan fingerprint density at radius 3 is 2.46 bits per heavy atom. The third-order valence-corrected chi connectivity index (χ3v) is 5.06. The number of rotatable bonds is 3. The number of halogens is 2. The van der Waals surface area contributed by atoms with Gasteiger partial charge in [0.05, 0.1) is 37.1 Å². The highest BCUT2D eigenvalue weighted by molar-refractivity contribution is 9.10. The van der Waals surface area contributed by atoms with E-state index in [0.717, 1.165) is 11.1 Å². The second-order valence-electron chi connectivity index (χ2n) is 5.18. The van der Waals surface area contributed by atoms with Crippen LogP contribution in [0.4, 0.5) is 5.69 Å². The summed E-state index contributed by atoms with van der Waals surface area (Å²) in [4.78, 5) is 25.9. The summed E-state index contributed by atoms with van der Waals surface area (Å²) in [6.07, 6.45) is 0. The summed E-state index contributed by atoms with van der Waals surface area (Å²) in [5.41, 5.74) is 2.62. The van der Waals surface area contributed by atoms with E-state index in [1.807, 2.05) is 13.8 Å². The lowest BCUT2D eigenvalue weighted by atomic mass is 10.1. The van der Waals surface area contributed by atoms with Gasteiger partial charge in [-0.15, -0.1) is 0 Å². The molecular formula is C16H17BrClNO5. The van der Waals surface area contributed by atoms with Crippen molar-refractivity contribution in [1.29, 1.82) is 0 Å². The van der Waals surface area contributed by atoms with Crippen LogP contribution in [-0.2, 0) is 23.8 Å². The molecule has 1 aliphatic rings. The van der Waals surface area contributed by atoms with Gasteiger partial charge in [-0.3, -0.25) is 0 Å². The molecule has 1 aromatic rings. The topological polar surface area (TPSA) is 65.1 Å². The molecule has 2 rings (SSSR count). The molecule has 8 heteroatoms. The third kappa shape index (κ3) is 3.29. The van der Waals surface area contributed by atoms with E-state index >= 15 is 0 Å². The molecule has 24 heavy (non-hydrogen) atoms. The minimum atomic E-state index is -0.667. The molecule has 0 aliphatic carbocycles. The molecular weight excluding hydrogens is 402 g/mol. The average molecular weight is 419 g/mol. The van der Waals surface area contributed by atoms with E-state index in [1.54, 1.807) is 6.07 Å². The van der Waals surface area contributed by atoms with Crippen LogP contribution in [0.1, 0.15) is 11.1 Å². The zero-order valence-electron chi connectivity index (χ0n) is 13.7. The molecule has 0 spiro atoms. The standard InChI is InChI=1S/C16H17BrClNO5/c1-8-5-11(18)14(12(17)9(8)2)19-7-24-6-10(15(20)22-3)13(19)16(21)23-4/h5H,6-7H2,1-4H3. The van der Waals surface area contributed by atoms with E-state index in [4.69, 9.17) is 25.8 Å². The van der Waals surface area contributed by atoms with Crippen molar-refractivity contribution in [3.63, 3.8) is 0 Å². The van der Waals surface area contributed by atoms with Crippen molar-refractivity contribution in [2.24, 2.45) is 0 Å². The number of carbonyl (C=O) groups is 2. The Bertz CT molecular complexity index is 732. The van der Waals surface area contributed by atoms with E-state index in [9.17, 15) is 9.59 Å². The number of benzene rings is 1. The largest absolute Gasteiger partial charge is 0.466 e. The summed E-state index contributed by atoms with van der Waals surface area (Å²) >= 11 is 9.91. The number of nitrogens with zero attached hydrogens (tertiary/aromatic N) is 1. The number of methoxy groups -OCH3 is 2. The van der Waals surface area contributed by atoms with Crippen molar-refractivity contribution in [3.05, 3.63) is 38.0 Å². The van der Waals surface area contributed by atoms with E-state index in [1.165, 1.54) is 19.1 Å². The van der Waals surface area contributed by atoms with Crippen LogP contribution in [0.5, 0.6) is 0 Å². The van der Waals surface area contributed by atoms with Gasteiger partial charge in [0.15, 0.2) is 0 Å². The first-order chi connectivity index (χ1) is 11.3. The number of esters is 2. The van der Waals surface area contributed by atoms with Gasteiger partial charge in [-0.25, -0.2) is 9.59 Å². The Morgan fingerprint density at radius 1 is 1.25 bits per heavy atom. The number of hydrogen-bond acceptors (Lipinski definition) is 6. The van der Waals surface area contributed by atoms with Crippen LogP contribution in [0.25, 0.3) is 0 Å². The molecule has 6 nitrogen and oxygen atoms in total. The summed E-state index contributed by atoms with van der Waals surface area (Å²) < 4.78 is 15.8. The van der Waals surface area contributed by atoms with Crippen molar-refractivity contribution in [1.82, 2.24) is 0 Å². The maximum Gasteiger partial charge on any atom is 0.355 e. The number of anilines is 1. The van der Waals surface area contributed by atoms with Crippen LogP contribution in [0.15, 0.2) is 21.8 Å². The Morgan fingerprint density at radius 2 is 1.88 bits per heavy atom. The fourth-order valence-electron chi connectivity index (χ4n) is 2.39. The summed E-state index contributed by atoms with van der Waals surface area (Å²) in [5.74, 6) is -1.32. The molecule has 1 heterocycles. The molecule has 0 N–H and O–H groups in total. The lowest BCUT2D eigenvalue weighted by Gasteiger charge is -2.33. The van der Waals surface area contributed by atoms with Gasteiger partial charge < -0.3 is 19.1 Å². The first-order valence-corrected chi connectivity index (χ1v) is 8.20. The van der Waals surface area contributed by atoms with Gasteiger partial charge in [0.2, 0.25) is 0 Å². The number of ether oxygens (including phenoxy) is 3. The van der Waals surface area contributed by atoms with Gasteiger partial charge in [0, 0.05) is 4.47 Å². The van der Waals surface area contributed by atoms with Crippen molar-refractivity contribution in [2.75, 3.05) is 32.5 Å². The maximum absolute atomic E-state index is 12.3. The summed E-state index contributed by atoms with van der Waals surface area (Å²) in [6.45, 7) is 3.85. The average Bonchev–Trinajstić information content (AvgIpc) is 2.58. The van der Waals surface area contributed by atoms with E-state index in [2.05, 4.69) is 15.9 Å². The number of hydrogen-bond donors (Lipinski definition) is 0. The molecule has 0 amide bonds. The summed E-state index contributed by atoms with van der Waals surface area (Å²) in [5, 5.41) is 0.418. The Hall–Kier alpha value is -1.57. The van der Waals surface area contributed by atoms with Crippen molar-refractivity contribution >= 4 is 45.2 Å². The van der Waals surface area contributed by atoms with Crippen LogP contribution in [0, 0.1) is 13.8 Å². The maximum atomic E-state index is 12.3. The zero-order chi connectivity index (χ0) is 18.0. The Kier molecular flexibility index (Phi) is 5.90. The highest BCUT2D eigenvalue weighted by Gasteiger charge is 2.34. The van der Waals surface area contributed by atoms with Crippen LogP contribution >= 0.6 is 27.5 Å². The fourth-order valence-corrected chi connectivity index (χ4v) is 3.60. The molecule has 0 unspecified atom stereocenters. The molecule has 0 bridgehead atoms. The van der Waals surface area contributed by atoms with Gasteiger partial charge >= 0.3 is 11.9 Å². The van der Waals surface area contributed by atoms with Crippen molar-refractivity contribution in [2.45, 2.75) is 13.8 Å². The first-order valence-electron chi connectivity index (χ1n) is 7.03. The van der Waals surface area contributed by atoms with E-state index in [0.29, 0.717) is 15.2 Å². The molecule has 1 aromatic carbocycles. The molecule has 0 saturated carbocycles. The minimum Gasteiger partial charge on any atom is -0.466 e. The third-order valence-electron chi connectivity index (χ3n) is 3.80. The molecule has 0 fully saturated rings. The Labute approximate surface area is 153 Å². The smallest absolute Gasteiger partial charge is 0.355 e. The fraction of sp³-hybridized carbons (Fsp3) is 0.375. The van der Waals surface area contributed by atoms with Crippen molar-refractivity contribution in [3.8, 4) is 0 Å². The molecule has 0 saturated heterocycles. The molecule has 1 aliphatic heterocycles. The predicted molar refractivity (Wildman–Crippen MR) is 93.0 cm³/mol. The van der Waals surface area contributed by atoms with Gasteiger partial charge in [-0.1, -0.05) is 11.6 Å². The van der Waals surface area contributed by atoms with Gasteiger partial charge in [-0.05, 0) is 47.0 Å². The lowest BCUT2D eigenvalue weighted by molar-refractivity contribution is -0.140. The Balaban J connectivity index is 2.71. The SMILES string of the molecule is COC(=O)C1=C(C(=O)OC)N(c2c(Cl)cc(C)c(C)c2Br)COC1. The van der Waals surface area contributed by atoms with Crippen LogP contribution in [0.2, 0.25) is 5.02 Å². The highest BCUT2D eigenvalue weighted by atomic mass is 79.9. The molecule has 0 atom stereocenters. The van der Waals surface area contributed by atoms with Crippen LogP contribution in [0.3, 0.4) is 0 Å². The second kappa shape index (κ2) is 7.55. The highest BCUT2D eigenvalue weighted by Crippen LogP contribution is 2.41. The zero-order valence-corrected chi connectivity index (χ0v) is 16.1. The number of aryl methyl sites for hydroxylation is 1. The predicted octanol–water partition coefficient (Wildman–Crippen LogP) is 3.11. The quantitative estimate of drug-likeness (QED) is 0.703. The van der Waals surface area contributed by atoms with Gasteiger partial charge in [0.25, 0.3) is 0 Å². The van der Waals surface area contributed by atoms with Crippen molar-refractivity contribution < 1.29 is 23.8 Å². The van der Waals surface area contributed by atoms with Gasteiger partial charge in [-0.2, -0.15) is 0 Å². The number of carbonyl (C=O) groups excluding carboxylic acids is 2. The second-order valence-corrected chi connectivity index (χ2v) is 6.38. The molecule has 130 valence electrons. The molecule has 0 aromatic heterocycles. The van der Waals surface area contributed by atoms with E-state index < -0.39 is 11.9 Å². The van der Waals surface area contributed by atoms with Gasteiger partial charge in [0.1, 0.15) is 12.4 Å².